The van der Waals surface area contributed by atoms with E-state index in [0.717, 1.165) is 35.4 Å². The number of ether oxygens (including phenoxy) is 2. The van der Waals surface area contributed by atoms with E-state index in [1.165, 1.54) is 0 Å². The maximum absolute atomic E-state index is 9.43. The predicted molar refractivity (Wildman–Crippen MR) is 87.6 cm³/mol. The van der Waals surface area contributed by atoms with E-state index < -0.39 is 0 Å². The van der Waals surface area contributed by atoms with E-state index in [9.17, 15) is 5.21 Å². The van der Waals surface area contributed by atoms with Gasteiger partial charge in [0.15, 0.2) is 11.5 Å². The Kier molecular flexibility index (Phi) is 3.98. The molecule has 1 N–H and O–H groups in total. The monoisotopic (exact) mass is 315 g/mol. The van der Waals surface area contributed by atoms with Crippen molar-refractivity contribution < 1.29 is 14.7 Å². The van der Waals surface area contributed by atoms with E-state index in [1.54, 1.807) is 14.2 Å². The van der Waals surface area contributed by atoms with Crippen LogP contribution in [-0.2, 0) is 13.5 Å². The van der Waals surface area contributed by atoms with Gasteiger partial charge in [0.25, 0.3) is 0 Å². The van der Waals surface area contributed by atoms with Gasteiger partial charge in [-0.15, -0.1) is 0 Å². The third kappa shape index (κ3) is 2.54. The first-order valence-corrected chi connectivity index (χ1v) is 7.58. The van der Waals surface area contributed by atoms with Gasteiger partial charge in [0.1, 0.15) is 5.69 Å². The fourth-order valence-electron chi connectivity index (χ4n) is 3.21. The zero-order valence-electron chi connectivity index (χ0n) is 13.8. The summed E-state index contributed by atoms with van der Waals surface area (Å²) in [5, 5.41) is 17.6. The van der Waals surface area contributed by atoms with Crippen LogP contribution in [0.5, 0.6) is 11.5 Å². The average Bonchev–Trinajstić information content (AvgIpc) is 2.90. The van der Waals surface area contributed by atoms with Gasteiger partial charge in [0.2, 0.25) is 0 Å². The molecule has 0 fully saturated rings. The Morgan fingerprint density at radius 2 is 1.96 bits per heavy atom. The van der Waals surface area contributed by atoms with Crippen LogP contribution in [-0.4, -0.2) is 34.9 Å². The van der Waals surface area contributed by atoms with E-state index in [2.05, 4.69) is 17.2 Å². The summed E-state index contributed by atoms with van der Waals surface area (Å²) in [6.07, 6.45) is 1.67. The van der Waals surface area contributed by atoms with Gasteiger partial charge in [-0.05, 0) is 37.0 Å². The molecular formula is C17H21N3O3. The van der Waals surface area contributed by atoms with Crippen molar-refractivity contribution in [2.75, 3.05) is 14.2 Å². The third-order valence-corrected chi connectivity index (χ3v) is 4.32. The molecule has 0 radical (unpaired) electrons. The molecule has 0 saturated heterocycles. The molecule has 6 nitrogen and oxygen atoms in total. The van der Waals surface area contributed by atoms with E-state index in [-0.39, 0.29) is 0 Å². The van der Waals surface area contributed by atoms with Crippen LogP contribution >= 0.6 is 0 Å². The van der Waals surface area contributed by atoms with Gasteiger partial charge in [-0.3, -0.25) is 4.68 Å². The quantitative estimate of drug-likeness (QED) is 0.698. The highest BCUT2D eigenvalue weighted by Crippen LogP contribution is 2.37. The largest absolute Gasteiger partial charge is 0.493 e. The molecule has 1 heterocycles. The molecule has 23 heavy (non-hydrogen) atoms. The first-order chi connectivity index (χ1) is 11.1. The topological polar surface area (TPSA) is 68.9 Å². The second-order valence-corrected chi connectivity index (χ2v) is 5.92. The van der Waals surface area contributed by atoms with E-state index in [1.807, 2.05) is 29.9 Å². The molecule has 1 aromatic carbocycles. The number of hydrogen-bond donors (Lipinski definition) is 1. The maximum atomic E-state index is 9.43. The molecule has 3 rings (SSSR count). The summed E-state index contributed by atoms with van der Waals surface area (Å²) in [5.74, 6) is 1.75. The average molecular weight is 315 g/mol. The van der Waals surface area contributed by atoms with Crippen molar-refractivity contribution in [3.8, 4) is 22.8 Å². The molecule has 0 bridgehead atoms. The highest BCUT2D eigenvalue weighted by molar-refractivity contribution is 6.07. The Balaban J connectivity index is 2.17. The van der Waals surface area contributed by atoms with Crippen molar-refractivity contribution >= 4 is 5.71 Å². The smallest absolute Gasteiger partial charge is 0.161 e. The normalized spacial score (nSPS) is 18.8. The first-order valence-electron chi connectivity index (χ1n) is 7.58. The Labute approximate surface area is 135 Å². The SMILES string of the molecule is COc1ccc(-c2nn(C)c3c2/C(=N\O)C[C@@H](C)C3)cc1OC. The standard InChI is InChI=1S/C17H21N3O3/c1-10-7-12(19-21)16-13(8-10)20(2)18-17(16)11-5-6-14(22-3)15(9-11)23-4/h5-6,9-10,21H,7-8H2,1-4H3/b19-12-/t10-/m1/s1. The highest BCUT2D eigenvalue weighted by atomic mass is 16.5. The van der Waals surface area contributed by atoms with Crippen molar-refractivity contribution in [2.45, 2.75) is 19.8 Å². The lowest BCUT2D eigenvalue weighted by molar-refractivity contribution is 0.316. The second-order valence-electron chi connectivity index (χ2n) is 5.92. The predicted octanol–water partition coefficient (Wildman–Crippen LogP) is 2.86. The van der Waals surface area contributed by atoms with Crippen LogP contribution in [0.2, 0.25) is 0 Å². The second kappa shape index (κ2) is 5.95. The fraction of sp³-hybridized carbons (Fsp3) is 0.412. The molecule has 0 unspecified atom stereocenters. The Morgan fingerprint density at radius 3 is 2.61 bits per heavy atom. The fourth-order valence-corrected chi connectivity index (χ4v) is 3.21. The number of aromatic nitrogens is 2. The van der Waals surface area contributed by atoms with Gasteiger partial charge in [0.05, 0.1) is 19.9 Å². The number of fused-ring (bicyclic) bond motifs is 1. The zero-order valence-corrected chi connectivity index (χ0v) is 13.8. The van der Waals surface area contributed by atoms with Crippen LogP contribution in [0.1, 0.15) is 24.6 Å². The number of rotatable bonds is 3. The number of hydrogen-bond acceptors (Lipinski definition) is 5. The molecule has 0 spiro atoms. The molecule has 6 heteroatoms. The number of methoxy groups -OCH3 is 2. The molecule has 1 aliphatic rings. The number of oxime groups is 1. The lowest BCUT2D eigenvalue weighted by Crippen LogP contribution is -2.20. The van der Waals surface area contributed by atoms with Crippen LogP contribution < -0.4 is 9.47 Å². The van der Waals surface area contributed by atoms with Crippen LogP contribution in [0.3, 0.4) is 0 Å². The Hall–Kier alpha value is -2.50. The van der Waals surface area contributed by atoms with E-state index >= 15 is 0 Å². The first kappa shape index (κ1) is 15.4. The van der Waals surface area contributed by atoms with Gasteiger partial charge >= 0.3 is 0 Å². The molecule has 1 aliphatic carbocycles. The van der Waals surface area contributed by atoms with Gasteiger partial charge in [-0.1, -0.05) is 12.1 Å². The molecule has 2 aromatic rings. The van der Waals surface area contributed by atoms with Gasteiger partial charge in [-0.2, -0.15) is 5.10 Å². The highest BCUT2D eigenvalue weighted by Gasteiger charge is 2.29. The summed E-state index contributed by atoms with van der Waals surface area (Å²) in [4.78, 5) is 0. The minimum atomic E-state index is 0.432. The van der Waals surface area contributed by atoms with E-state index in [4.69, 9.17) is 9.47 Å². The van der Waals surface area contributed by atoms with Gasteiger partial charge in [-0.25, -0.2) is 0 Å². The maximum Gasteiger partial charge on any atom is 0.161 e. The van der Waals surface area contributed by atoms with Gasteiger partial charge < -0.3 is 14.7 Å². The van der Waals surface area contributed by atoms with Crippen molar-refractivity contribution in [3.05, 3.63) is 29.5 Å². The van der Waals surface area contributed by atoms with Gasteiger partial charge in [0, 0.05) is 23.9 Å². The van der Waals surface area contributed by atoms with Crippen LogP contribution in [0.4, 0.5) is 0 Å². The summed E-state index contributed by atoms with van der Waals surface area (Å²) in [6.45, 7) is 2.15. The van der Waals surface area contributed by atoms with Crippen molar-refractivity contribution in [2.24, 2.45) is 18.1 Å². The van der Waals surface area contributed by atoms with Crippen molar-refractivity contribution in [3.63, 3.8) is 0 Å². The molecule has 0 aliphatic heterocycles. The lowest BCUT2D eigenvalue weighted by Gasteiger charge is -2.20. The minimum Gasteiger partial charge on any atom is -0.493 e. The molecule has 1 atom stereocenters. The van der Waals surface area contributed by atoms with Crippen LogP contribution in [0.25, 0.3) is 11.3 Å². The zero-order chi connectivity index (χ0) is 16.6. The van der Waals surface area contributed by atoms with Crippen molar-refractivity contribution in [1.29, 1.82) is 0 Å². The lowest BCUT2D eigenvalue weighted by atomic mass is 9.85. The summed E-state index contributed by atoms with van der Waals surface area (Å²) in [5.41, 5.74) is 4.44. The summed E-state index contributed by atoms with van der Waals surface area (Å²) in [7, 11) is 5.14. The number of nitrogens with zero attached hydrogens (tertiary/aromatic N) is 3. The summed E-state index contributed by atoms with van der Waals surface area (Å²) < 4.78 is 12.5. The van der Waals surface area contributed by atoms with E-state index in [0.29, 0.717) is 23.1 Å². The molecular weight excluding hydrogens is 294 g/mol. The van der Waals surface area contributed by atoms with Crippen molar-refractivity contribution in [1.82, 2.24) is 9.78 Å². The molecule has 0 saturated carbocycles. The third-order valence-electron chi connectivity index (χ3n) is 4.32. The Bertz CT molecular complexity index is 765. The molecule has 1 aromatic heterocycles. The van der Waals surface area contributed by atoms with Crippen LogP contribution in [0, 0.1) is 5.92 Å². The molecule has 0 amide bonds. The number of aryl methyl sites for hydroxylation is 1. The number of benzene rings is 1. The summed E-state index contributed by atoms with van der Waals surface area (Å²) in [6, 6.07) is 5.70. The Morgan fingerprint density at radius 1 is 1.22 bits per heavy atom. The van der Waals surface area contributed by atoms with Crippen LogP contribution in [0.15, 0.2) is 23.4 Å². The summed E-state index contributed by atoms with van der Waals surface area (Å²) >= 11 is 0. The minimum absolute atomic E-state index is 0.432. The molecule has 122 valence electrons.